The molecule has 0 amide bonds. The molecule has 1 saturated carbocycles. The third-order valence-corrected chi connectivity index (χ3v) is 4.79. The molecule has 0 aromatic carbocycles. The zero-order valence-electron chi connectivity index (χ0n) is 11.4. The normalized spacial score (nSPS) is 32.4. The average molecular weight is 236 g/mol. The molecule has 0 aliphatic heterocycles. The van der Waals surface area contributed by atoms with Gasteiger partial charge in [0.05, 0.1) is 5.60 Å². The Morgan fingerprint density at radius 3 is 2.88 bits per heavy atom. The van der Waals surface area contributed by atoms with Gasteiger partial charge in [0, 0.05) is 0 Å². The Labute approximate surface area is 106 Å². The summed E-state index contributed by atoms with van der Waals surface area (Å²) < 4.78 is 0. The van der Waals surface area contributed by atoms with Gasteiger partial charge in [0.2, 0.25) is 0 Å². The number of rotatable bonds is 6. The Bertz CT molecular complexity index is 269. The molecule has 0 radical (unpaired) electrons. The Morgan fingerprint density at radius 1 is 1.24 bits per heavy atom. The number of fused-ring (bicyclic) bond motifs is 1. The largest absolute Gasteiger partial charge is 0.385 e. The zero-order valence-corrected chi connectivity index (χ0v) is 11.4. The van der Waals surface area contributed by atoms with Crippen molar-refractivity contribution in [2.75, 3.05) is 0 Å². The molecule has 0 heterocycles. The Morgan fingerprint density at radius 2 is 2.06 bits per heavy atom. The molecule has 2 rings (SSSR count). The second kappa shape index (κ2) is 6.04. The molecule has 98 valence electrons. The van der Waals surface area contributed by atoms with E-state index in [0.29, 0.717) is 5.92 Å². The van der Waals surface area contributed by atoms with Gasteiger partial charge in [0.1, 0.15) is 0 Å². The average Bonchev–Trinajstić information content (AvgIpc) is 2.66. The minimum absolute atomic E-state index is 0.386. The van der Waals surface area contributed by atoms with Gasteiger partial charge in [-0.15, -0.1) is 0 Å². The second-order valence-corrected chi connectivity index (χ2v) is 6.00. The van der Waals surface area contributed by atoms with Crippen molar-refractivity contribution in [2.45, 2.75) is 83.2 Å². The van der Waals surface area contributed by atoms with Crippen molar-refractivity contribution in [3.63, 3.8) is 0 Å². The van der Waals surface area contributed by atoms with Crippen LogP contribution in [0.5, 0.6) is 0 Å². The van der Waals surface area contributed by atoms with Crippen LogP contribution >= 0.6 is 0 Å². The Kier molecular flexibility index (Phi) is 4.67. The summed E-state index contributed by atoms with van der Waals surface area (Å²) in [6, 6.07) is 0. The minimum atomic E-state index is -0.386. The summed E-state index contributed by atoms with van der Waals surface area (Å²) in [5, 5.41) is 10.8. The van der Waals surface area contributed by atoms with Crippen LogP contribution in [-0.4, -0.2) is 10.7 Å². The first-order chi connectivity index (χ1) is 8.27. The van der Waals surface area contributed by atoms with Gasteiger partial charge < -0.3 is 5.11 Å². The highest BCUT2D eigenvalue weighted by Gasteiger charge is 2.44. The van der Waals surface area contributed by atoms with Crippen LogP contribution in [0.3, 0.4) is 0 Å². The second-order valence-electron chi connectivity index (χ2n) is 6.00. The number of hydrogen-bond donors (Lipinski definition) is 1. The van der Waals surface area contributed by atoms with E-state index in [1.165, 1.54) is 56.9 Å². The third-order valence-electron chi connectivity index (χ3n) is 4.79. The summed E-state index contributed by atoms with van der Waals surface area (Å²) in [7, 11) is 0. The van der Waals surface area contributed by atoms with Crippen LogP contribution in [0.25, 0.3) is 0 Å². The summed E-state index contributed by atoms with van der Waals surface area (Å²) in [6.45, 7) is 2.26. The maximum Gasteiger partial charge on any atom is 0.0887 e. The SMILES string of the molecule is CCCCCCCC1=CCC2CCCCC12O. The Balaban J connectivity index is 1.77. The fraction of sp³-hybridized carbons (Fsp3) is 0.875. The molecule has 0 aromatic rings. The number of aliphatic hydroxyl groups is 1. The summed E-state index contributed by atoms with van der Waals surface area (Å²) in [5.74, 6) is 0.557. The molecule has 2 atom stereocenters. The Hall–Kier alpha value is -0.300. The van der Waals surface area contributed by atoms with E-state index < -0.39 is 0 Å². The molecule has 1 heteroatoms. The van der Waals surface area contributed by atoms with Crippen molar-refractivity contribution in [3.05, 3.63) is 11.6 Å². The first kappa shape index (κ1) is 13.1. The quantitative estimate of drug-likeness (QED) is 0.528. The van der Waals surface area contributed by atoms with Gasteiger partial charge in [-0.2, -0.15) is 0 Å². The molecule has 0 aromatic heterocycles. The van der Waals surface area contributed by atoms with Crippen molar-refractivity contribution in [1.29, 1.82) is 0 Å². The molecule has 1 nitrogen and oxygen atoms in total. The highest BCUT2D eigenvalue weighted by Crippen LogP contribution is 2.47. The van der Waals surface area contributed by atoms with Crippen LogP contribution in [0.2, 0.25) is 0 Å². The van der Waals surface area contributed by atoms with E-state index in [-0.39, 0.29) is 5.60 Å². The monoisotopic (exact) mass is 236 g/mol. The summed E-state index contributed by atoms with van der Waals surface area (Å²) in [6.07, 6.45) is 16.1. The van der Waals surface area contributed by atoms with E-state index in [1.807, 2.05) is 0 Å². The molecule has 1 N–H and O–H groups in total. The van der Waals surface area contributed by atoms with Gasteiger partial charge in [-0.25, -0.2) is 0 Å². The summed E-state index contributed by atoms with van der Waals surface area (Å²) >= 11 is 0. The lowest BCUT2D eigenvalue weighted by Gasteiger charge is -2.37. The van der Waals surface area contributed by atoms with E-state index in [9.17, 15) is 5.11 Å². The smallest absolute Gasteiger partial charge is 0.0887 e. The van der Waals surface area contributed by atoms with Gasteiger partial charge in [-0.05, 0) is 43.6 Å². The summed E-state index contributed by atoms with van der Waals surface area (Å²) in [4.78, 5) is 0. The maximum absolute atomic E-state index is 10.8. The highest BCUT2D eigenvalue weighted by molar-refractivity contribution is 5.26. The number of allylic oxidation sites excluding steroid dienone is 1. The fourth-order valence-corrected chi connectivity index (χ4v) is 3.66. The van der Waals surface area contributed by atoms with Crippen LogP contribution in [0.15, 0.2) is 11.6 Å². The predicted molar refractivity (Wildman–Crippen MR) is 73.0 cm³/mol. The standard InChI is InChI=1S/C16H28O/c1-2-3-4-5-6-9-14-11-12-15-10-7-8-13-16(14,15)17/h11,15,17H,2-10,12-13H2,1H3. The van der Waals surface area contributed by atoms with Crippen molar-refractivity contribution in [3.8, 4) is 0 Å². The van der Waals surface area contributed by atoms with Crippen molar-refractivity contribution >= 4 is 0 Å². The first-order valence-electron chi connectivity index (χ1n) is 7.69. The molecule has 2 aliphatic rings. The molecule has 2 unspecified atom stereocenters. The highest BCUT2D eigenvalue weighted by atomic mass is 16.3. The van der Waals surface area contributed by atoms with E-state index in [4.69, 9.17) is 0 Å². The van der Waals surface area contributed by atoms with Crippen LogP contribution in [0.1, 0.15) is 77.6 Å². The zero-order chi connectivity index (χ0) is 12.1. The van der Waals surface area contributed by atoms with Crippen molar-refractivity contribution in [1.82, 2.24) is 0 Å². The molecule has 0 spiro atoms. The van der Waals surface area contributed by atoms with Gasteiger partial charge in [-0.1, -0.05) is 51.5 Å². The van der Waals surface area contributed by atoms with E-state index in [1.54, 1.807) is 0 Å². The van der Waals surface area contributed by atoms with Gasteiger partial charge in [0.25, 0.3) is 0 Å². The van der Waals surface area contributed by atoms with Gasteiger partial charge in [0.15, 0.2) is 0 Å². The predicted octanol–water partition coefficient (Wildman–Crippen LogP) is 4.60. The lowest BCUT2D eigenvalue weighted by Crippen LogP contribution is -2.38. The van der Waals surface area contributed by atoms with Crippen LogP contribution in [-0.2, 0) is 0 Å². The molecular weight excluding hydrogens is 208 g/mol. The first-order valence-corrected chi connectivity index (χ1v) is 7.69. The molecule has 0 saturated heterocycles. The lowest BCUT2D eigenvalue weighted by atomic mass is 9.73. The minimum Gasteiger partial charge on any atom is -0.385 e. The van der Waals surface area contributed by atoms with E-state index >= 15 is 0 Å². The van der Waals surface area contributed by atoms with Crippen molar-refractivity contribution in [2.24, 2.45) is 5.92 Å². The molecule has 1 fully saturated rings. The van der Waals surface area contributed by atoms with Crippen LogP contribution in [0, 0.1) is 5.92 Å². The topological polar surface area (TPSA) is 20.2 Å². The van der Waals surface area contributed by atoms with Crippen molar-refractivity contribution < 1.29 is 5.11 Å². The lowest BCUT2D eigenvalue weighted by molar-refractivity contribution is -0.00572. The van der Waals surface area contributed by atoms with Gasteiger partial charge in [-0.3, -0.25) is 0 Å². The molecule has 17 heavy (non-hydrogen) atoms. The van der Waals surface area contributed by atoms with Crippen LogP contribution < -0.4 is 0 Å². The molecule has 2 aliphatic carbocycles. The van der Waals surface area contributed by atoms with Crippen LogP contribution in [0.4, 0.5) is 0 Å². The number of unbranched alkanes of at least 4 members (excludes halogenated alkanes) is 4. The van der Waals surface area contributed by atoms with E-state index in [2.05, 4.69) is 13.0 Å². The van der Waals surface area contributed by atoms with Gasteiger partial charge >= 0.3 is 0 Å². The fourth-order valence-electron chi connectivity index (χ4n) is 3.66. The number of hydrogen-bond acceptors (Lipinski definition) is 1. The molecular formula is C16H28O. The third kappa shape index (κ3) is 2.93. The summed E-state index contributed by atoms with van der Waals surface area (Å²) in [5.41, 5.74) is 1.00. The molecule has 0 bridgehead atoms. The maximum atomic E-state index is 10.8. The van der Waals surface area contributed by atoms with E-state index in [0.717, 1.165) is 19.3 Å².